The maximum atomic E-state index is 12.6. The lowest BCUT2D eigenvalue weighted by atomic mass is 10.1. The number of carbonyl (C=O) groups excluding carboxylic acids is 1. The molecule has 2 N–H and O–H groups in total. The summed E-state index contributed by atoms with van der Waals surface area (Å²) in [6.07, 6.45) is 5.09. The molecule has 0 fully saturated rings. The lowest BCUT2D eigenvalue weighted by Gasteiger charge is -2.20. The number of fused-ring (bicyclic) bond motifs is 2. The van der Waals surface area contributed by atoms with E-state index in [9.17, 15) is 4.79 Å². The minimum Gasteiger partial charge on any atom is -0.347 e. The molecule has 0 radical (unpaired) electrons. The molecule has 3 heterocycles. The Balaban J connectivity index is 1.83. The minimum absolute atomic E-state index is 0.184. The Morgan fingerprint density at radius 3 is 2.81 bits per heavy atom. The molecule has 4 rings (SSSR count). The van der Waals surface area contributed by atoms with Crippen LogP contribution in [0.1, 0.15) is 36.7 Å². The van der Waals surface area contributed by atoms with Gasteiger partial charge < -0.3 is 10.3 Å². The second-order valence-corrected chi connectivity index (χ2v) is 7.45. The number of hydrogen-bond donors (Lipinski definition) is 2. The molecule has 7 heteroatoms. The van der Waals surface area contributed by atoms with Crippen molar-refractivity contribution in [3.63, 3.8) is 0 Å². The molecule has 0 aliphatic rings. The van der Waals surface area contributed by atoms with Gasteiger partial charge in [-0.2, -0.15) is 5.10 Å². The normalized spacial score (nSPS) is 12.0. The summed E-state index contributed by atoms with van der Waals surface area (Å²) in [5.41, 5.74) is 3.33. The van der Waals surface area contributed by atoms with Gasteiger partial charge in [0, 0.05) is 17.1 Å². The topological polar surface area (TPSA) is 88.5 Å². The molecule has 0 bridgehead atoms. The molecule has 26 heavy (non-hydrogen) atoms. The molecule has 0 saturated heterocycles. The Bertz CT molecular complexity index is 1130. The highest BCUT2D eigenvalue weighted by Gasteiger charge is 2.20. The van der Waals surface area contributed by atoms with Gasteiger partial charge >= 0.3 is 0 Å². The van der Waals surface area contributed by atoms with Gasteiger partial charge in [-0.05, 0) is 39.3 Å². The predicted molar refractivity (Wildman–Crippen MR) is 100 cm³/mol. The summed E-state index contributed by atoms with van der Waals surface area (Å²) in [4.78, 5) is 24.6. The highest BCUT2D eigenvalue weighted by molar-refractivity contribution is 6.04. The number of rotatable bonds is 2. The molecule has 1 aromatic carbocycles. The third-order valence-corrected chi connectivity index (χ3v) is 4.04. The van der Waals surface area contributed by atoms with E-state index < -0.39 is 0 Å². The van der Waals surface area contributed by atoms with Crippen molar-refractivity contribution < 1.29 is 4.79 Å². The van der Waals surface area contributed by atoms with Crippen LogP contribution in [0.4, 0.5) is 0 Å². The number of benzene rings is 1. The van der Waals surface area contributed by atoms with E-state index in [1.807, 2.05) is 39.8 Å². The molecular formula is C19H20N6O. The third kappa shape index (κ3) is 2.81. The zero-order valence-electron chi connectivity index (χ0n) is 15.2. The fourth-order valence-electron chi connectivity index (χ4n) is 2.88. The zero-order valence-corrected chi connectivity index (χ0v) is 15.2. The first kappa shape index (κ1) is 16.3. The standard InChI is InChI=1S/C19H20N6O/c1-11-5-6-12-8-22-25(14(12)7-11)15-10-21-17-16(23-15)13(9-20-17)18(26)24-19(2,3)4/h5-10H,1-4H3,(H,20,21)(H,24,26). The van der Waals surface area contributed by atoms with Gasteiger partial charge in [-0.15, -0.1) is 0 Å². The summed E-state index contributed by atoms with van der Waals surface area (Å²) < 4.78 is 1.74. The number of H-pyrrole nitrogens is 1. The first-order valence-electron chi connectivity index (χ1n) is 8.43. The number of nitrogens with zero attached hydrogens (tertiary/aromatic N) is 4. The van der Waals surface area contributed by atoms with Crippen LogP contribution in [0.3, 0.4) is 0 Å². The average molecular weight is 348 g/mol. The van der Waals surface area contributed by atoms with Gasteiger partial charge in [-0.25, -0.2) is 14.6 Å². The number of aromatic nitrogens is 5. The molecule has 0 atom stereocenters. The first-order chi connectivity index (χ1) is 12.3. The van der Waals surface area contributed by atoms with Crippen molar-refractivity contribution in [3.8, 4) is 5.82 Å². The maximum absolute atomic E-state index is 12.6. The summed E-state index contributed by atoms with van der Waals surface area (Å²) in [7, 11) is 0. The number of aryl methyl sites for hydroxylation is 1. The van der Waals surface area contributed by atoms with Gasteiger partial charge in [0.15, 0.2) is 11.5 Å². The van der Waals surface area contributed by atoms with E-state index in [0.717, 1.165) is 16.5 Å². The van der Waals surface area contributed by atoms with Crippen LogP contribution < -0.4 is 5.32 Å². The number of aromatic amines is 1. The van der Waals surface area contributed by atoms with Crippen molar-refractivity contribution in [2.75, 3.05) is 0 Å². The summed E-state index contributed by atoms with van der Waals surface area (Å²) in [5.74, 6) is 0.388. The maximum Gasteiger partial charge on any atom is 0.255 e. The van der Waals surface area contributed by atoms with Gasteiger partial charge in [0.1, 0.15) is 5.52 Å². The molecule has 7 nitrogen and oxygen atoms in total. The molecule has 0 spiro atoms. The van der Waals surface area contributed by atoms with Crippen LogP contribution >= 0.6 is 0 Å². The number of amides is 1. The van der Waals surface area contributed by atoms with E-state index in [0.29, 0.717) is 22.5 Å². The van der Waals surface area contributed by atoms with E-state index in [-0.39, 0.29) is 11.4 Å². The van der Waals surface area contributed by atoms with Gasteiger partial charge in [0.05, 0.1) is 23.5 Å². The third-order valence-electron chi connectivity index (χ3n) is 4.04. The summed E-state index contributed by atoms with van der Waals surface area (Å²) in [5, 5.41) is 8.42. The van der Waals surface area contributed by atoms with Crippen LogP contribution in [0.15, 0.2) is 36.8 Å². The Morgan fingerprint density at radius 2 is 2.04 bits per heavy atom. The van der Waals surface area contributed by atoms with Crippen molar-refractivity contribution in [1.29, 1.82) is 0 Å². The first-order valence-corrected chi connectivity index (χ1v) is 8.43. The van der Waals surface area contributed by atoms with Crippen molar-refractivity contribution in [3.05, 3.63) is 47.9 Å². The number of nitrogens with one attached hydrogen (secondary N) is 2. The Kier molecular flexibility index (Phi) is 3.54. The SMILES string of the molecule is Cc1ccc2cnn(-c3cnc4[nH]cc(C(=O)NC(C)(C)C)c4n3)c2c1. The Labute approximate surface area is 150 Å². The zero-order chi connectivity index (χ0) is 18.5. The van der Waals surface area contributed by atoms with E-state index in [1.54, 1.807) is 23.3 Å². The fourth-order valence-corrected chi connectivity index (χ4v) is 2.88. The van der Waals surface area contributed by atoms with Crippen molar-refractivity contribution in [2.45, 2.75) is 33.2 Å². The molecule has 1 amide bonds. The molecule has 0 aliphatic carbocycles. The number of hydrogen-bond acceptors (Lipinski definition) is 4. The predicted octanol–water partition coefficient (Wildman–Crippen LogP) is 3.13. The second-order valence-electron chi connectivity index (χ2n) is 7.45. The van der Waals surface area contributed by atoms with Crippen LogP contribution in [-0.2, 0) is 0 Å². The average Bonchev–Trinajstić information content (AvgIpc) is 3.15. The lowest BCUT2D eigenvalue weighted by molar-refractivity contribution is 0.0921. The molecule has 3 aromatic heterocycles. The van der Waals surface area contributed by atoms with Crippen molar-refractivity contribution in [1.82, 2.24) is 30.0 Å². The second kappa shape index (κ2) is 5.66. The van der Waals surface area contributed by atoms with E-state index >= 15 is 0 Å². The van der Waals surface area contributed by atoms with Crippen LogP contribution in [0.5, 0.6) is 0 Å². The highest BCUT2D eigenvalue weighted by atomic mass is 16.1. The van der Waals surface area contributed by atoms with E-state index in [4.69, 9.17) is 0 Å². The molecule has 0 saturated carbocycles. The molecule has 0 aliphatic heterocycles. The summed E-state index contributed by atoms with van der Waals surface area (Å²) in [6, 6.07) is 6.13. The number of carbonyl (C=O) groups is 1. The fraction of sp³-hybridized carbons (Fsp3) is 0.263. The van der Waals surface area contributed by atoms with Crippen LogP contribution in [0.2, 0.25) is 0 Å². The molecule has 4 aromatic rings. The smallest absolute Gasteiger partial charge is 0.255 e. The van der Waals surface area contributed by atoms with Crippen LogP contribution in [0.25, 0.3) is 27.9 Å². The van der Waals surface area contributed by atoms with Crippen LogP contribution in [-0.4, -0.2) is 36.2 Å². The lowest BCUT2D eigenvalue weighted by Crippen LogP contribution is -2.40. The monoisotopic (exact) mass is 348 g/mol. The van der Waals surface area contributed by atoms with Gasteiger partial charge in [0.25, 0.3) is 5.91 Å². The summed E-state index contributed by atoms with van der Waals surface area (Å²) >= 11 is 0. The minimum atomic E-state index is -0.332. The van der Waals surface area contributed by atoms with Gasteiger partial charge in [-0.3, -0.25) is 4.79 Å². The molecule has 0 unspecified atom stereocenters. The van der Waals surface area contributed by atoms with E-state index in [1.165, 1.54) is 0 Å². The van der Waals surface area contributed by atoms with Crippen LogP contribution in [0, 0.1) is 6.92 Å². The molecular weight excluding hydrogens is 328 g/mol. The molecule has 132 valence electrons. The highest BCUT2D eigenvalue weighted by Crippen LogP contribution is 2.21. The van der Waals surface area contributed by atoms with Gasteiger partial charge in [0.2, 0.25) is 0 Å². The largest absolute Gasteiger partial charge is 0.347 e. The van der Waals surface area contributed by atoms with Crippen molar-refractivity contribution >= 4 is 28.0 Å². The Hall–Kier alpha value is -3.22. The quantitative estimate of drug-likeness (QED) is 0.582. The van der Waals surface area contributed by atoms with Crippen molar-refractivity contribution in [2.24, 2.45) is 0 Å². The van der Waals surface area contributed by atoms with E-state index in [2.05, 4.69) is 31.4 Å². The summed E-state index contributed by atoms with van der Waals surface area (Å²) in [6.45, 7) is 7.85. The Morgan fingerprint density at radius 1 is 1.23 bits per heavy atom. The van der Waals surface area contributed by atoms with Gasteiger partial charge in [-0.1, -0.05) is 12.1 Å².